The molecule has 0 spiro atoms. The molecule has 0 amide bonds. The molecule has 1 rings (SSSR count). The zero-order valence-corrected chi connectivity index (χ0v) is 4.96. The lowest BCUT2D eigenvalue weighted by Gasteiger charge is -2.17. The summed E-state index contributed by atoms with van der Waals surface area (Å²) < 4.78 is 4.08. The van der Waals surface area contributed by atoms with Crippen LogP contribution in [0.2, 0.25) is 0 Å². The number of allylic oxidation sites excluding steroid dienone is 1. The summed E-state index contributed by atoms with van der Waals surface area (Å²) >= 11 is 0. The summed E-state index contributed by atoms with van der Waals surface area (Å²) in [6.45, 7) is 1.75. The summed E-state index contributed by atoms with van der Waals surface area (Å²) in [7, 11) is 0. The topological polar surface area (TPSA) is 43.4 Å². The van der Waals surface area contributed by atoms with E-state index in [0.29, 0.717) is 0 Å². The van der Waals surface area contributed by atoms with Crippen LogP contribution >= 0.6 is 0 Å². The second kappa shape index (κ2) is 2.01. The first-order valence-corrected chi connectivity index (χ1v) is 2.64. The molecular weight excluding hydrogens is 120 g/mol. The molecule has 0 unspecified atom stereocenters. The Labute approximate surface area is 52.3 Å². The van der Waals surface area contributed by atoms with Crippen molar-refractivity contribution in [1.82, 2.24) is 0 Å². The van der Waals surface area contributed by atoms with Crippen LogP contribution < -0.4 is 0 Å². The summed E-state index contributed by atoms with van der Waals surface area (Å²) in [5.74, 6) is -1.51. The number of cyclic esters (lactones) is 2. The molecule has 0 N–H and O–H groups in total. The van der Waals surface area contributed by atoms with Gasteiger partial charge in [0.1, 0.15) is 0 Å². The van der Waals surface area contributed by atoms with Crippen LogP contribution in [0.3, 0.4) is 0 Å². The first-order chi connectivity index (χ1) is 4.25. The molecule has 0 aliphatic carbocycles. The van der Waals surface area contributed by atoms with E-state index in [1.54, 1.807) is 13.0 Å². The molecule has 0 bridgehead atoms. The van der Waals surface area contributed by atoms with Crippen LogP contribution in [-0.2, 0) is 14.3 Å². The standard InChI is InChI=1S/C6H6O3/c1-2-3-4-5(7)9-6(4)8/h2-4H,1H3/b3-2-. The smallest absolute Gasteiger partial charge is 0.331 e. The quantitative estimate of drug-likeness (QED) is 0.287. The average molecular weight is 126 g/mol. The van der Waals surface area contributed by atoms with Crippen LogP contribution in [0, 0.1) is 5.92 Å². The Balaban J connectivity index is 2.59. The van der Waals surface area contributed by atoms with Gasteiger partial charge >= 0.3 is 11.9 Å². The van der Waals surface area contributed by atoms with E-state index in [0.717, 1.165) is 0 Å². The number of hydrogen-bond donors (Lipinski definition) is 0. The molecule has 1 heterocycles. The fraction of sp³-hybridized carbons (Fsp3) is 0.333. The van der Waals surface area contributed by atoms with E-state index in [4.69, 9.17) is 0 Å². The third-order valence-corrected chi connectivity index (χ3v) is 1.09. The van der Waals surface area contributed by atoms with Gasteiger partial charge < -0.3 is 4.74 Å². The highest BCUT2D eigenvalue weighted by Crippen LogP contribution is 2.15. The van der Waals surface area contributed by atoms with Gasteiger partial charge in [0.2, 0.25) is 0 Å². The highest BCUT2D eigenvalue weighted by Gasteiger charge is 2.39. The van der Waals surface area contributed by atoms with E-state index >= 15 is 0 Å². The van der Waals surface area contributed by atoms with Crippen molar-refractivity contribution < 1.29 is 14.3 Å². The largest absolute Gasteiger partial charge is 0.391 e. The monoisotopic (exact) mass is 126 g/mol. The van der Waals surface area contributed by atoms with Gasteiger partial charge in [0.05, 0.1) is 0 Å². The SMILES string of the molecule is C/C=C\C1C(=O)OC1=O. The van der Waals surface area contributed by atoms with Crippen LogP contribution in [0.15, 0.2) is 12.2 Å². The second-order valence-corrected chi connectivity index (χ2v) is 1.74. The summed E-state index contributed by atoms with van der Waals surface area (Å²) in [6, 6.07) is 0. The van der Waals surface area contributed by atoms with Crippen LogP contribution in [-0.4, -0.2) is 11.9 Å². The summed E-state index contributed by atoms with van der Waals surface area (Å²) in [5, 5.41) is 0. The minimum atomic E-state index is -0.616. The number of carbonyl (C=O) groups is 2. The van der Waals surface area contributed by atoms with Gasteiger partial charge in [0, 0.05) is 0 Å². The number of carbonyl (C=O) groups excluding carboxylic acids is 2. The van der Waals surface area contributed by atoms with Crippen molar-refractivity contribution in [3.63, 3.8) is 0 Å². The molecule has 1 saturated heterocycles. The molecule has 48 valence electrons. The lowest BCUT2D eigenvalue weighted by atomic mass is 10.1. The molecule has 1 fully saturated rings. The van der Waals surface area contributed by atoms with Gasteiger partial charge in [-0.1, -0.05) is 12.2 Å². The Morgan fingerprint density at radius 2 is 2.00 bits per heavy atom. The van der Waals surface area contributed by atoms with Crippen LogP contribution in [0.1, 0.15) is 6.92 Å². The van der Waals surface area contributed by atoms with E-state index in [1.807, 2.05) is 0 Å². The minimum Gasteiger partial charge on any atom is -0.391 e. The fourth-order valence-corrected chi connectivity index (χ4v) is 0.614. The van der Waals surface area contributed by atoms with E-state index in [9.17, 15) is 9.59 Å². The van der Waals surface area contributed by atoms with Gasteiger partial charge in [-0.2, -0.15) is 0 Å². The van der Waals surface area contributed by atoms with Crippen molar-refractivity contribution in [3.8, 4) is 0 Å². The Bertz CT molecular complexity index is 167. The number of ether oxygens (including phenoxy) is 1. The van der Waals surface area contributed by atoms with Crippen molar-refractivity contribution in [2.75, 3.05) is 0 Å². The maximum atomic E-state index is 10.3. The molecule has 1 aliphatic heterocycles. The van der Waals surface area contributed by atoms with Crippen molar-refractivity contribution in [2.24, 2.45) is 5.92 Å². The van der Waals surface area contributed by atoms with E-state index < -0.39 is 17.9 Å². The van der Waals surface area contributed by atoms with E-state index in [-0.39, 0.29) is 0 Å². The fourth-order valence-electron chi connectivity index (χ4n) is 0.614. The van der Waals surface area contributed by atoms with Gasteiger partial charge in [0.25, 0.3) is 0 Å². The van der Waals surface area contributed by atoms with Crippen molar-refractivity contribution in [3.05, 3.63) is 12.2 Å². The van der Waals surface area contributed by atoms with Gasteiger partial charge in [-0.3, -0.25) is 9.59 Å². The molecule has 0 radical (unpaired) electrons. The normalized spacial score (nSPS) is 20.1. The Hall–Kier alpha value is -1.12. The Kier molecular flexibility index (Phi) is 1.34. The molecule has 0 aromatic heterocycles. The molecule has 3 heteroatoms. The zero-order valence-electron chi connectivity index (χ0n) is 4.96. The van der Waals surface area contributed by atoms with Gasteiger partial charge in [-0.15, -0.1) is 0 Å². The lowest BCUT2D eigenvalue weighted by molar-refractivity contribution is -0.180. The molecule has 9 heavy (non-hydrogen) atoms. The minimum absolute atomic E-state index is 0.446. The summed E-state index contributed by atoms with van der Waals surface area (Å²) in [4.78, 5) is 20.7. The number of rotatable bonds is 1. The van der Waals surface area contributed by atoms with Crippen molar-refractivity contribution in [2.45, 2.75) is 6.92 Å². The average Bonchev–Trinajstić information content (AvgIpc) is 1.84. The Morgan fingerprint density at radius 1 is 1.44 bits per heavy atom. The highest BCUT2D eigenvalue weighted by molar-refractivity contribution is 6.11. The molecule has 0 aromatic rings. The third kappa shape index (κ3) is 0.850. The van der Waals surface area contributed by atoms with E-state index in [2.05, 4.69) is 4.74 Å². The third-order valence-electron chi connectivity index (χ3n) is 1.09. The van der Waals surface area contributed by atoms with Gasteiger partial charge in [-0.25, -0.2) is 0 Å². The summed E-state index contributed by atoms with van der Waals surface area (Å²) in [6.07, 6.45) is 3.18. The number of hydrogen-bond acceptors (Lipinski definition) is 3. The number of esters is 2. The van der Waals surface area contributed by atoms with Crippen molar-refractivity contribution >= 4 is 11.9 Å². The van der Waals surface area contributed by atoms with Crippen LogP contribution in [0.4, 0.5) is 0 Å². The molecule has 1 aliphatic rings. The predicted octanol–water partition coefficient (Wildman–Crippen LogP) is 0.262. The van der Waals surface area contributed by atoms with E-state index in [1.165, 1.54) is 6.08 Å². The molecule has 0 atom stereocenters. The molecule has 0 aromatic carbocycles. The second-order valence-electron chi connectivity index (χ2n) is 1.74. The lowest BCUT2D eigenvalue weighted by Crippen LogP contribution is -2.39. The van der Waals surface area contributed by atoms with Gasteiger partial charge in [-0.05, 0) is 6.92 Å². The van der Waals surface area contributed by atoms with Crippen molar-refractivity contribution in [1.29, 1.82) is 0 Å². The molecule has 0 saturated carbocycles. The molecule has 3 nitrogen and oxygen atoms in total. The van der Waals surface area contributed by atoms with Gasteiger partial charge in [0.15, 0.2) is 5.92 Å². The maximum absolute atomic E-state index is 10.3. The Morgan fingerprint density at radius 3 is 2.22 bits per heavy atom. The maximum Gasteiger partial charge on any atom is 0.331 e. The first kappa shape index (κ1) is 6.01. The zero-order chi connectivity index (χ0) is 6.85. The van der Waals surface area contributed by atoms with Crippen LogP contribution in [0.5, 0.6) is 0 Å². The predicted molar refractivity (Wildman–Crippen MR) is 29.4 cm³/mol. The molecular formula is C6H6O3. The summed E-state index contributed by atoms with van der Waals surface area (Å²) in [5.41, 5.74) is 0. The highest BCUT2D eigenvalue weighted by atomic mass is 16.6. The first-order valence-electron chi connectivity index (χ1n) is 2.64. The van der Waals surface area contributed by atoms with Crippen LogP contribution in [0.25, 0.3) is 0 Å².